The molecule has 0 amide bonds. The van der Waals surface area contributed by atoms with Gasteiger partial charge in [0.25, 0.3) is 0 Å². The highest BCUT2D eigenvalue weighted by atomic mass is 14.4. The van der Waals surface area contributed by atoms with Crippen molar-refractivity contribution in [3.05, 3.63) is 70.3 Å². The molecular formula is C22H30. The van der Waals surface area contributed by atoms with Crippen LogP contribution in [0.15, 0.2) is 42.5 Å². The summed E-state index contributed by atoms with van der Waals surface area (Å²) >= 11 is 0. The molecule has 0 heteroatoms. The molecule has 0 heterocycles. The largest absolute Gasteiger partial charge is 0.0642 e. The van der Waals surface area contributed by atoms with Crippen molar-refractivity contribution in [1.29, 1.82) is 0 Å². The summed E-state index contributed by atoms with van der Waals surface area (Å²) in [5.74, 6) is 0. The van der Waals surface area contributed by atoms with E-state index in [0.717, 1.165) is 25.7 Å². The summed E-state index contributed by atoms with van der Waals surface area (Å²) < 4.78 is 0. The first-order valence-corrected chi connectivity index (χ1v) is 8.81. The molecule has 0 aliphatic rings. The lowest BCUT2D eigenvalue weighted by Gasteiger charge is -2.35. The van der Waals surface area contributed by atoms with Crippen LogP contribution in [-0.4, -0.2) is 0 Å². The second-order valence-corrected chi connectivity index (χ2v) is 6.24. The summed E-state index contributed by atoms with van der Waals surface area (Å²) in [6.07, 6.45) is 4.54. The van der Waals surface area contributed by atoms with Crippen LogP contribution in [0.4, 0.5) is 0 Å². The van der Waals surface area contributed by atoms with Gasteiger partial charge in [-0.05, 0) is 60.4 Å². The van der Waals surface area contributed by atoms with E-state index in [-0.39, 0.29) is 5.41 Å². The van der Waals surface area contributed by atoms with E-state index in [1.54, 1.807) is 5.56 Å². The molecule has 0 spiro atoms. The van der Waals surface area contributed by atoms with E-state index in [4.69, 9.17) is 0 Å². The maximum atomic E-state index is 2.40. The zero-order valence-electron chi connectivity index (χ0n) is 14.9. The third kappa shape index (κ3) is 2.72. The summed E-state index contributed by atoms with van der Waals surface area (Å²) in [5.41, 5.74) is 7.70. The van der Waals surface area contributed by atoms with Crippen molar-refractivity contribution < 1.29 is 0 Å². The van der Waals surface area contributed by atoms with Crippen LogP contribution in [0.2, 0.25) is 0 Å². The quantitative estimate of drug-likeness (QED) is 0.592. The van der Waals surface area contributed by atoms with Crippen molar-refractivity contribution in [2.24, 2.45) is 0 Å². The van der Waals surface area contributed by atoms with Gasteiger partial charge in [-0.3, -0.25) is 0 Å². The summed E-state index contributed by atoms with van der Waals surface area (Å²) in [5, 5.41) is 0. The van der Waals surface area contributed by atoms with Crippen LogP contribution in [0.5, 0.6) is 0 Å². The minimum Gasteiger partial charge on any atom is -0.0642 e. The molecule has 0 saturated carbocycles. The minimum atomic E-state index is 0.140. The maximum absolute atomic E-state index is 2.40. The molecule has 2 aromatic carbocycles. The second-order valence-electron chi connectivity index (χ2n) is 6.24. The molecule has 0 nitrogen and oxygen atoms in total. The molecule has 2 rings (SSSR count). The third-order valence-electron chi connectivity index (χ3n) is 5.48. The van der Waals surface area contributed by atoms with Crippen molar-refractivity contribution in [1.82, 2.24) is 0 Å². The SMILES string of the molecule is CCc1ccc(C(CC)(CC)c2ccccc2)c(C)c1CC. The molecular weight excluding hydrogens is 264 g/mol. The Bertz CT molecular complexity index is 603. The Morgan fingerprint density at radius 2 is 1.41 bits per heavy atom. The summed E-state index contributed by atoms with van der Waals surface area (Å²) in [4.78, 5) is 0. The van der Waals surface area contributed by atoms with Crippen molar-refractivity contribution in [3.63, 3.8) is 0 Å². The monoisotopic (exact) mass is 294 g/mol. The first kappa shape index (κ1) is 16.8. The number of hydrogen-bond acceptors (Lipinski definition) is 0. The Kier molecular flexibility index (Phi) is 5.45. The fourth-order valence-electron chi connectivity index (χ4n) is 4.11. The third-order valence-corrected chi connectivity index (χ3v) is 5.48. The Balaban J connectivity index is 2.69. The smallest absolute Gasteiger partial charge is 0.0200 e. The Morgan fingerprint density at radius 1 is 0.773 bits per heavy atom. The van der Waals surface area contributed by atoms with Gasteiger partial charge in [0.15, 0.2) is 0 Å². The molecule has 0 aliphatic heterocycles. The van der Waals surface area contributed by atoms with Gasteiger partial charge in [-0.2, -0.15) is 0 Å². The topological polar surface area (TPSA) is 0 Å². The highest BCUT2D eigenvalue weighted by Crippen LogP contribution is 2.41. The highest BCUT2D eigenvalue weighted by Gasteiger charge is 2.32. The normalized spacial score (nSPS) is 11.7. The van der Waals surface area contributed by atoms with Crippen molar-refractivity contribution in [3.8, 4) is 0 Å². The molecule has 118 valence electrons. The Hall–Kier alpha value is -1.56. The number of rotatable bonds is 6. The molecule has 22 heavy (non-hydrogen) atoms. The van der Waals surface area contributed by atoms with Gasteiger partial charge < -0.3 is 0 Å². The average molecular weight is 294 g/mol. The van der Waals surface area contributed by atoms with Gasteiger partial charge in [-0.15, -0.1) is 0 Å². The average Bonchev–Trinajstić information content (AvgIpc) is 2.58. The zero-order chi connectivity index (χ0) is 16.2. The van der Waals surface area contributed by atoms with Crippen molar-refractivity contribution >= 4 is 0 Å². The van der Waals surface area contributed by atoms with E-state index in [1.165, 1.54) is 22.3 Å². The van der Waals surface area contributed by atoms with Gasteiger partial charge in [0, 0.05) is 5.41 Å². The van der Waals surface area contributed by atoms with E-state index in [1.807, 2.05) is 0 Å². The predicted molar refractivity (Wildman–Crippen MR) is 97.7 cm³/mol. The van der Waals surface area contributed by atoms with Crippen LogP contribution >= 0.6 is 0 Å². The van der Waals surface area contributed by atoms with E-state index >= 15 is 0 Å². The van der Waals surface area contributed by atoms with E-state index < -0.39 is 0 Å². The van der Waals surface area contributed by atoms with Gasteiger partial charge in [0.05, 0.1) is 0 Å². The number of aryl methyl sites for hydroxylation is 1. The lowest BCUT2D eigenvalue weighted by molar-refractivity contribution is 0.475. The number of benzene rings is 2. The first-order valence-electron chi connectivity index (χ1n) is 8.81. The van der Waals surface area contributed by atoms with Crippen LogP contribution in [0.25, 0.3) is 0 Å². The number of hydrogen-bond donors (Lipinski definition) is 0. The van der Waals surface area contributed by atoms with E-state index in [9.17, 15) is 0 Å². The zero-order valence-corrected chi connectivity index (χ0v) is 14.9. The lowest BCUT2D eigenvalue weighted by atomic mass is 9.68. The second kappa shape index (κ2) is 7.13. The van der Waals surface area contributed by atoms with Crippen molar-refractivity contribution in [2.75, 3.05) is 0 Å². The maximum Gasteiger partial charge on any atom is 0.0200 e. The van der Waals surface area contributed by atoms with Crippen LogP contribution in [0.1, 0.15) is 68.4 Å². The van der Waals surface area contributed by atoms with Crippen molar-refractivity contribution in [2.45, 2.75) is 65.7 Å². The predicted octanol–water partition coefficient (Wildman–Crippen LogP) is 6.23. The molecule has 0 atom stereocenters. The molecule has 2 aromatic rings. The summed E-state index contributed by atoms with van der Waals surface area (Å²) in [6.45, 7) is 11.5. The Labute approximate surface area is 136 Å². The van der Waals surface area contributed by atoms with Crippen LogP contribution in [0.3, 0.4) is 0 Å². The van der Waals surface area contributed by atoms with Gasteiger partial charge in [-0.1, -0.05) is 70.2 Å². The lowest BCUT2D eigenvalue weighted by Crippen LogP contribution is -2.27. The van der Waals surface area contributed by atoms with Gasteiger partial charge in [0.1, 0.15) is 0 Å². The summed E-state index contributed by atoms with van der Waals surface area (Å²) in [7, 11) is 0. The highest BCUT2D eigenvalue weighted by molar-refractivity contribution is 5.49. The van der Waals surface area contributed by atoms with Gasteiger partial charge in [-0.25, -0.2) is 0 Å². The molecule has 0 fully saturated rings. The molecule has 0 saturated heterocycles. The molecule has 0 radical (unpaired) electrons. The molecule has 0 bridgehead atoms. The fourth-order valence-corrected chi connectivity index (χ4v) is 4.11. The summed E-state index contributed by atoms with van der Waals surface area (Å²) in [6, 6.07) is 15.8. The van der Waals surface area contributed by atoms with E-state index in [2.05, 4.69) is 77.1 Å². The van der Waals surface area contributed by atoms with E-state index in [0.29, 0.717) is 0 Å². The molecule has 0 aromatic heterocycles. The Morgan fingerprint density at radius 3 is 1.91 bits per heavy atom. The standard InChI is InChI=1S/C22H30/c1-6-18-15-16-21(17(5)20(18)7-2)22(8-3,9-4)19-13-11-10-12-14-19/h10-16H,6-9H2,1-5H3. The molecule has 0 unspecified atom stereocenters. The minimum absolute atomic E-state index is 0.140. The van der Waals surface area contributed by atoms with Crippen LogP contribution in [0, 0.1) is 6.92 Å². The van der Waals surface area contributed by atoms with Crippen LogP contribution < -0.4 is 0 Å². The van der Waals surface area contributed by atoms with Gasteiger partial charge in [0.2, 0.25) is 0 Å². The fraction of sp³-hybridized carbons (Fsp3) is 0.455. The van der Waals surface area contributed by atoms with Gasteiger partial charge >= 0.3 is 0 Å². The molecule has 0 N–H and O–H groups in total. The van der Waals surface area contributed by atoms with Crippen LogP contribution in [-0.2, 0) is 18.3 Å². The first-order chi connectivity index (χ1) is 10.6. The molecule has 0 aliphatic carbocycles.